The number of carbonyl (C=O) groups is 2. The molecule has 110 valence electrons. The monoisotopic (exact) mass is 284 g/mol. The standard InChI is InChI=1S/C17H19NO3/c1-2-10-5-3-4-6-13(10)18-16(19)14-11-7-8-12(9-11)15(14)17(20)21/h3-8,11-12,14-15H,2,9H2,1H3,(H,18,19)(H,20,21)/p-1/t11-,12+,14-,15+/m1/s1. The molecule has 3 rings (SSSR count). The van der Waals surface area contributed by atoms with Crippen LogP contribution in [0.1, 0.15) is 18.9 Å². The first-order valence-corrected chi connectivity index (χ1v) is 7.39. The van der Waals surface area contributed by atoms with E-state index in [1.54, 1.807) is 0 Å². The molecule has 4 atom stereocenters. The molecule has 0 aromatic heterocycles. The number of carboxylic acids is 1. The molecule has 2 aliphatic rings. The van der Waals surface area contributed by atoms with Crippen molar-refractivity contribution in [1.82, 2.24) is 0 Å². The molecular weight excluding hydrogens is 266 g/mol. The van der Waals surface area contributed by atoms with Crippen LogP contribution in [0.2, 0.25) is 0 Å². The molecular formula is C17H18NO3-. The van der Waals surface area contributed by atoms with E-state index in [-0.39, 0.29) is 17.7 Å². The fourth-order valence-corrected chi connectivity index (χ4v) is 3.67. The van der Waals surface area contributed by atoms with Crippen LogP contribution in [0.4, 0.5) is 5.69 Å². The Hall–Kier alpha value is -2.10. The lowest BCUT2D eigenvalue weighted by molar-refractivity contribution is -0.313. The smallest absolute Gasteiger partial charge is 0.228 e. The number of para-hydroxylation sites is 1. The van der Waals surface area contributed by atoms with Crippen molar-refractivity contribution in [2.75, 3.05) is 5.32 Å². The number of aryl methyl sites for hydroxylation is 1. The summed E-state index contributed by atoms with van der Waals surface area (Å²) in [6.45, 7) is 2.02. The van der Waals surface area contributed by atoms with E-state index in [0.717, 1.165) is 24.1 Å². The molecule has 0 saturated heterocycles. The molecule has 1 aromatic rings. The highest BCUT2D eigenvalue weighted by atomic mass is 16.4. The van der Waals surface area contributed by atoms with Crippen LogP contribution in [-0.4, -0.2) is 11.9 Å². The van der Waals surface area contributed by atoms with Crippen molar-refractivity contribution >= 4 is 17.6 Å². The second kappa shape index (κ2) is 5.35. The predicted molar refractivity (Wildman–Crippen MR) is 77.2 cm³/mol. The average Bonchev–Trinajstić information content (AvgIpc) is 3.08. The third-order valence-electron chi connectivity index (χ3n) is 4.69. The summed E-state index contributed by atoms with van der Waals surface area (Å²) in [6, 6.07) is 7.62. The minimum atomic E-state index is -1.12. The van der Waals surface area contributed by atoms with E-state index < -0.39 is 17.8 Å². The third kappa shape index (κ3) is 2.35. The molecule has 4 nitrogen and oxygen atoms in total. The summed E-state index contributed by atoms with van der Waals surface area (Å²) in [7, 11) is 0. The molecule has 0 heterocycles. The van der Waals surface area contributed by atoms with Crippen molar-refractivity contribution in [1.29, 1.82) is 0 Å². The summed E-state index contributed by atoms with van der Waals surface area (Å²) >= 11 is 0. The maximum Gasteiger partial charge on any atom is 0.228 e. The van der Waals surface area contributed by atoms with Gasteiger partial charge in [-0.25, -0.2) is 0 Å². The zero-order chi connectivity index (χ0) is 15.0. The SMILES string of the molecule is CCc1ccccc1NC(=O)[C@H]1[C@@H](C(=O)[O-])[C@H]2C=C[C@@H]1C2. The minimum Gasteiger partial charge on any atom is -0.550 e. The number of benzene rings is 1. The molecule has 1 amide bonds. The number of amides is 1. The Morgan fingerprint density at radius 1 is 1.19 bits per heavy atom. The van der Waals surface area contributed by atoms with Crippen molar-refractivity contribution in [2.45, 2.75) is 19.8 Å². The predicted octanol–water partition coefficient (Wildman–Crippen LogP) is 1.38. The van der Waals surface area contributed by atoms with Gasteiger partial charge in [0.15, 0.2) is 0 Å². The van der Waals surface area contributed by atoms with Crippen LogP contribution in [0.15, 0.2) is 36.4 Å². The van der Waals surface area contributed by atoms with E-state index in [4.69, 9.17) is 0 Å². The van der Waals surface area contributed by atoms with Gasteiger partial charge in [-0.2, -0.15) is 0 Å². The first-order valence-electron chi connectivity index (χ1n) is 7.39. The Bertz CT molecular complexity index is 608. The third-order valence-corrected chi connectivity index (χ3v) is 4.69. The zero-order valence-electron chi connectivity index (χ0n) is 11.9. The molecule has 1 saturated carbocycles. The Kier molecular flexibility index (Phi) is 3.53. The van der Waals surface area contributed by atoms with E-state index in [2.05, 4.69) is 5.32 Å². The number of anilines is 1. The van der Waals surface area contributed by atoms with Gasteiger partial charge in [0.25, 0.3) is 0 Å². The van der Waals surface area contributed by atoms with Gasteiger partial charge in [-0.1, -0.05) is 37.3 Å². The summed E-state index contributed by atoms with van der Waals surface area (Å²) in [4.78, 5) is 23.9. The molecule has 21 heavy (non-hydrogen) atoms. The molecule has 1 N–H and O–H groups in total. The zero-order valence-corrected chi connectivity index (χ0v) is 11.9. The van der Waals surface area contributed by atoms with Crippen LogP contribution in [0.25, 0.3) is 0 Å². The Balaban J connectivity index is 1.82. The maximum atomic E-state index is 12.6. The summed E-state index contributed by atoms with van der Waals surface area (Å²) < 4.78 is 0. The first-order chi connectivity index (χ1) is 10.1. The number of aliphatic carboxylic acids is 1. The molecule has 2 bridgehead atoms. The molecule has 4 heteroatoms. The van der Waals surface area contributed by atoms with Gasteiger partial charge in [0, 0.05) is 17.6 Å². The van der Waals surface area contributed by atoms with Crippen LogP contribution in [0, 0.1) is 23.7 Å². The highest BCUT2D eigenvalue weighted by Gasteiger charge is 2.48. The molecule has 2 aliphatic carbocycles. The first kappa shape index (κ1) is 13.9. The van der Waals surface area contributed by atoms with Crippen molar-refractivity contribution in [3.05, 3.63) is 42.0 Å². The molecule has 1 fully saturated rings. The fourth-order valence-electron chi connectivity index (χ4n) is 3.67. The van der Waals surface area contributed by atoms with E-state index in [1.165, 1.54) is 0 Å². The van der Waals surface area contributed by atoms with Gasteiger partial charge in [-0.3, -0.25) is 4.79 Å². The lowest BCUT2D eigenvalue weighted by Crippen LogP contribution is -2.43. The van der Waals surface area contributed by atoms with Gasteiger partial charge in [0.05, 0.1) is 5.92 Å². The molecule has 0 unspecified atom stereocenters. The van der Waals surface area contributed by atoms with Gasteiger partial charge >= 0.3 is 0 Å². The molecule has 0 spiro atoms. The second-order valence-electron chi connectivity index (χ2n) is 5.82. The van der Waals surface area contributed by atoms with Crippen LogP contribution in [-0.2, 0) is 16.0 Å². The number of carboxylic acid groups (broad SMARTS) is 1. The molecule has 1 aromatic carbocycles. The Morgan fingerprint density at radius 2 is 1.86 bits per heavy atom. The van der Waals surface area contributed by atoms with Crippen molar-refractivity contribution in [3.8, 4) is 0 Å². The topological polar surface area (TPSA) is 69.2 Å². The van der Waals surface area contributed by atoms with Crippen molar-refractivity contribution < 1.29 is 14.7 Å². The Labute approximate surface area is 123 Å². The lowest BCUT2D eigenvalue weighted by Gasteiger charge is -2.28. The van der Waals surface area contributed by atoms with E-state index >= 15 is 0 Å². The molecule has 0 radical (unpaired) electrons. The van der Waals surface area contributed by atoms with Gasteiger partial charge in [-0.15, -0.1) is 0 Å². The van der Waals surface area contributed by atoms with Gasteiger partial charge in [0.1, 0.15) is 0 Å². The summed E-state index contributed by atoms with van der Waals surface area (Å²) in [5.74, 6) is -2.58. The van der Waals surface area contributed by atoms with Crippen LogP contribution in [0.5, 0.6) is 0 Å². The lowest BCUT2D eigenvalue weighted by atomic mass is 9.82. The second-order valence-corrected chi connectivity index (χ2v) is 5.82. The van der Waals surface area contributed by atoms with E-state index in [9.17, 15) is 14.7 Å². The number of hydrogen-bond acceptors (Lipinski definition) is 3. The number of rotatable bonds is 4. The normalized spacial score (nSPS) is 29.6. The largest absolute Gasteiger partial charge is 0.550 e. The minimum absolute atomic E-state index is 0.0201. The fraction of sp³-hybridized carbons (Fsp3) is 0.412. The summed E-state index contributed by atoms with van der Waals surface area (Å²) in [5, 5.41) is 14.3. The number of hydrogen-bond donors (Lipinski definition) is 1. The number of nitrogens with one attached hydrogen (secondary N) is 1. The molecule has 0 aliphatic heterocycles. The van der Waals surface area contributed by atoms with Gasteiger partial charge in [0.2, 0.25) is 5.91 Å². The number of allylic oxidation sites excluding steroid dienone is 2. The van der Waals surface area contributed by atoms with Crippen LogP contribution < -0.4 is 10.4 Å². The summed E-state index contributed by atoms with van der Waals surface area (Å²) in [5.41, 5.74) is 1.82. The van der Waals surface area contributed by atoms with E-state index in [1.807, 2.05) is 43.3 Å². The van der Waals surface area contributed by atoms with Crippen molar-refractivity contribution in [2.24, 2.45) is 23.7 Å². The Morgan fingerprint density at radius 3 is 2.52 bits per heavy atom. The van der Waals surface area contributed by atoms with Gasteiger partial charge in [-0.05, 0) is 36.3 Å². The highest BCUT2D eigenvalue weighted by molar-refractivity contribution is 5.96. The number of fused-ring (bicyclic) bond motifs is 2. The average molecular weight is 284 g/mol. The highest BCUT2D eigenvalue weighted by Crippen LogP contribution is 2.48. The van der Waals surface area contributed by atoms with Crippen molar-refractivity contribution in [3.63, 3.8) is 0 Å². The summed E-state index contributed by atoms with van der Waals surface area (Å²) in [6.07, 6.45) is 5.44. The number of carbonyl (C=O) groups excluding carboxylic acids is 2. The van der Waals surface area contributed by atoms with Crippen LogP contribution >= 0.6 is 0 Å². The maximum absolute atomic E-state index is 12.6. The van der Waals surface area contributed by atoms with E-state index in [0.29, 0.717) is 0 Å². The van der Waals surface area contributed by atoms with Crippen LogP contribution in [0.3, 0.4) is 0 Å². The quantitative estimate of drug-likeness (QED) is 0.849. The van der Waals surface area contributed by atoms with Gasteiger partial charge < -0.3 is 15.2 Å².